The molecule has 0 aliphatic carbocycles. The molecule has 2 N–H and O–H groups in total. The number of hydrazone groups is 1. The van der Waals surface area contributed by atoms with Gasteiger partial charge < -0.3 is 14.8 Å². The topological polar surface area (TPSA) is 89.0 Å². The lowest BCUT2D eigenvalue weighted by Gasteiger charge is -2.13. The number of carbonyl (C=O) groups excluding carboxylic acids is 2. The highest BCUT2D eigenvalue weighted by molar-refractivity contribution is 9.10. The van der Waals surface area contributed by atoms with Crippen molar-refractivity contribution in [2.75, 3.05) is 12.4 Å². The highest BCUT2D eigenvalue weighted by atomic mass is 79.9. The van der Waals surface area contributed by atoms with Crippen molar-refractivity contribution in [1.82, 2.24) is 5.43 Å². The van der Waals surface area contributed by atoms with Crippen LogP contribution in [-0.2, 0) is 16.2 Å². The Morgan fingerprint density at radius 1 is 1.00 bits per heavy atom. The molecule has 0 radical (unpaired) electrons. The van der Waals surface area contributed by atoms with Crippen molar-refractivity contribution in [2.24, 2.45) is 5.10 Å². The van der Waals surface area contributed by atoms with Gasteiger partial charge in [0.05, 0.1) is 17.8 Å². The summed E-state index contributed by atoms with van der Waals surface area (Å²) < 4.78 is 13.1. The van der Waals surface area contributed by atoms with E-state index in [1.807, 2.05) is 56.3 Å². The van der Waals surface area contributed by atoms with E-state index in [4.69, 9.17) is 9.47 Å². The van der Waals surface area contributed by atoms with Gasteiger partial charge in [-0.3, -0.25) is 9.59 Å². The van der Waals surface area contributed by atoms with Crippen LogP contribution in [0.15, 0.2) is 68.6 Å². The minimum absolute atomic E-state index is 0.347. The Kier molecular flexibility index (Phi) is 9.45. The third-order valence-corrected chi connectivity index (χ3v) is 6.05. The van der Waals surface area contributed by atoms with Crippen LogP contribution in [0.3, 0.4) is 0 Å². The van der Waals surface area contributed by atoms with E-state index in [1.165, 1.54) is 6.21 Å². The van der Waals surface area contributed by atoms with Crippen LogP contribution < -0.4 is 20.2 Å². The van der Waals surface area contributed by atoms with Crippen LogP contribution in [0.1, 0.15) is 28.7 Å². The summed E-state index contributed by atoms with van der Waals surface area (Å²) in [5.41, 5.74) is 6.76. The van der Waals surface area contributed by atoms with Crippen molar-refractivity contribution in [3.63, 3.8) is 0 Å². The fourth-order valence-electron chi connectivity index (χ4n) is 3.20. The van der Waals surface area contributed by atoms with Gasteiger partial charge in [0, 0.05) is 10.2 Å². The number of methoxy groups -OCH3 is 1. The van der Waals surface area contributed by atoms with Gasteiger partial charge in [0.25, 0.3) is 0 Å². The molecule has 0 aromatic heterocycles. The number of rotatable bonds is 9. The molecule has 0 heterocycles. The first-order chi connectivity index (χ1) is 16.7. The van der Waals surface area contributed by atoms with Crippen LogP contribution in [0.4, 0.5) is 5.69 Å². The van der Waals surface area contributed by atoms with Crippen LogP contribution in [0.25, 0.3) is 0 Å². The summed E-state index contributed by atoms with van der Waals surface area (Å²) in [7, 11) is 1.55. The predicted molar refractivity (Wildman–Crippen MR) is 144 cm³/mol. The SMILES string of the molecule is COc1cc(C=NNC(=O)CC(=O)Nc2ccc(C)cc2C)cc(Br)c1OCc1ccc(Br)cc1. The van der Waals surface area contributed by atoms with Gasteiger partial charge in [0.1, 0.15) is 13.0 Å². The summed E-state index contributed by atoms with van der Waals surface area (Å²) >= 11 is 6.92. The molecule has 0 saturated carbocycles. The molecule has 7 nitrogen and oxygen atoms in total. The zero-order chi connectivity index (χ0) is 25.4. The fraction of sp³-hybridized carbons (Fsp3) is 0.192. The van der Waals surface area contributed by atoms with Gasteiger partial charge in [0.2, 0.25) is 11.8 Å². The first-order valence-electron chi connectivity index (χ1n) is 10.7. The van der Waals surface area contributed by atoms with E-state index in [-0.39, 0.29) is 6.42 Å². The van der Waals surface area contributed by atoms with E-state index in [9.17, 15) is 9.59 Å². The van der Waals surface area contributed by atoms with Crippen molar-refractivity contribution in [1.29, 1.82) is 0 Å². The maximum atomic E-state index is 12.2. The van der Waals surface area contributed by atoms with Crippen molar-refractivity contribution >= 4 is 55.6 Å². The Morgan fingerprint density at radius 3 is 2.43 bits per heavy atom. The van der Waals surface area contributed by atoms with Crippen molar-refractivity contribution in [3.05, 3.63) is 85.8 Å². The zero-order valence-corrected chi connectivity index (χ0v) is 22.7. The second kappa shape index (κ2) is 12.5. The van der Waals surface area contributed by atoms with Gasteiger partial charge in [0.15, 0.2) is 11.5 Å². The summed E-state index contributed by atoms with van der Waals surface area (Å²) in [4.78, 5) is 24.3. The normalized spacial score (nSPS) is 10.8. The molecule has 35 heavy (non-hydrogen) atoms. The quantitative estimate of drug-likeness (QED) is 0.181. The minimum Gasteiger partial charge on any atom is -0.493 e. The van der Waals surface area contributed by atoms with Gasteiger partial charge in [-0.2, -0.15) is 5.10 Å². The number of nitrogens with one attached hydrogen (secondary N) is 2. The molecule has 182 valence electrons. The molecule has 0 saturated heterocycles. The van der Waals surface area contributed by atoms with Crippen LogP contribution in [-0.4, -0.2) is 25.1 Å². The predicted octanol–water partition coefficient (Wildman–Crippen LogP) is 5.89. The number of hydrogen-bond acceptors (Lipinski definition) is 5. The van der Waals surface area contributed by atoms with E-state index >= 15 is 0 Å². The summed E-state index contributed by atoms with van der Waals surface area (Å²) in [5, 5.41) is 6.69. The standard InChI is InChI=1S/C26H25Br2N3O4/c1-16-4-9-22(17(2)10-16)30-24(32)13-25(33)31-29-14-19-11-21(28)26(23(12-19)34-3)35-15-18-5-7-20(27)8-6-18/h4-12,14H,13,15H2,1-3H3,(H,30,32)(H,31,33). The molecule has 0 unspecified atom stereocenters. The molecule has 3 aromatic rings. The summed E-state index contributed by atoms with van der Waals surface area (Å²) in [6.45, 7) is 4.25. The molecule has 0 bridgehead atoms. The molecule has 0 atom stereocenters. The average molecular weight is 603 g/mol. The maximum absolute atomic E-state index is 12.2. The first-order valence-corrected chi connectivity index (χ1v) is 12.3. The Hall–Kier alpha value is -3.17. The second-order valence-electron chi connectivity index (χ2n) is 7.79. The molecule has 0 aliphatic rings. The number of amides is 2. The molecule has 2 amide bonds. The Labute approximate surface area is 221 Å². The van der Waals surface area contributed by atoms with Crippen molar-refractivity contribution in [2.45, 2.75) is 26.9 Å². The molecular formula is C26H25Br2N3O4. The smallest absolute Gasteiger partial charge is 0.249 e. The number of halogens is 2. The number of carbonyl (C=O) groups is 2. The third kappa shape index (κ3) is 7.93. The van der Waals surface area contributed by atoms with E-state index in [2.05, 4.69) is 47.7 Å². The molecule has 9 heteroatoms. The Balaban J connectivity index is 1.56. The lowest BCUT2D eigenvalue weighted by molar-refractivity contribution is -0.126. The van der Waals surface area contributed by atoms with Gasteiger partial charge in [-0.05, 0) is 76.8 Å². The summed E-state index contributed by atoms with van der Waals surface area (Å²) in [6, 6.07) is 17.0. The summed E-state index contributed by atoms with van der Waals surface area (Å²) in [5.74, 6) is 0.127. The van der Waals surface area contributed by atoms with Crippen LogP contribution in [0.5, 0.6) is 11.5 Å². The number of anilines is 1. The average Bonchev–Trinajstić information content (AvgIpc) is 2.81. The lowest BCUT2D eigenvalue weighted by Crippen LogP contribution is -2.24. The van der Waals surface area contributed by atoms with Gasteiger partial charge >= 0.3 is 0 Å². The number of benzene rings is 3. The van der Waals surface area contributed by atoms with E-state index in [1.54, 1.807) is 19.2 Å². The number of aryl methyl sites for hydroxylation is 2. The molecular weight excluding hydrogens is 578 g/mol. The minimum atomic E-state index is -0.524. The lowest BCUT2D eigenvalue weighted by atomic mass is 10.1. The monoisotopic (exact) mass is 601 g/mol. The van der Waals surface area contributed by atoms with Crippen LogP contribution in [0, 0.1) is 13.8 Å². The van der Waals surface area contributed by atoms with Crippen LogP contribution in [0.2, 0.25) is 0 Å². The Bertz CT molecular complexity index is 1240. The van der Waals surface area contributed by atoms with Crippen molar-refractivity contribution in [3.8, 4) is 11.5 Å². The molecule has 0 fully saturated rings. The fourth-order valence-corrected chi connectivity index (χ4v) is 4.04. The highest BCUT2D eigenvalue weighted by Crippen LogP contribution is 2.37. The van der Waals surface area contributed by atoms with Crippen LogP contribution >= 0.6 is 31.9 Å². The van der Waals surface area contributed by atoms with Gasteiger partial charge in [-0.15, -0.1) is 0 Å². The number of hydrogen-bond donors (Lipinski definition) is 2. The summed E-state index contributed by atoms with van der Waals surface area (Å²) in [6.07, 6.45) is 1.12. The molecule has 0 spiro atoms. The second-order valence-corrected chi connectivity index (χ2v) is 9.56. The highest BCUT2D eigenvalue weighted by Gasteiger charge is 2.13. The number of ether oxygens (including phenoxy) is 2. The largest absolute Gasteiger partial charge is 0.493 e. The maximum Gasteiger partial charge on any atom is 0.249 e. The Morgan fingerprint density at radius 2 is 1.74 bits per heavy atom. The third-order valence-electron chi connectivity index (χ3n) is 4.93. The molecule has 0 aliphatic heterocycles. The van der Waals surface area contributed by atoms with Gasteiger partial charge in [-0.1, -0.05) is 45.8 Å². The molecule has 3 aromatic carbocycles. The number of nitrogens with zero attached hydrogens (tertiary/aromatic N) is 1. The van der Waals surface area contributed by atoms with Crippen molar-refractivity contribution < 1.29 is 19.1 Å². The van der Waals surface area contributed by atoms with Gasteiger partial charge in [-0.25, -0.2) is 5.43 Å². The molecule has 3 rings (SSSR count). The zero-order valence-electron chi connectivity index (χ0n) is 19.5. The first kappa shape index (κ1) is 26.4. The van der Waals surface area contributed by atoms with E-state index in [0.29, 0.717) is 33.8 Å². The van der Waals surface area contributed by atoms with E-state index in [0.717, 1.165) is 21.2 Å². The van der Waals surface area contributed by atoms with E-state index < -0.39 is 11.8 Å².